The lowest BCUT2D eigenvalue weighted by Crippen LogP contribution is -2.41. The van der Waals surface area contributed by atoms with E-state index < -0.39 is 0 Å². The summed E-state index contributed by atoms with van der Waals surface area (Å²) in [5, 5.41) is 3.93. The van der Waals surface area contributed by atoms with Crippen LogP contribution in [0.25, 0.3) is 0 Å². The predicted molar refractivity (Wildman–Crippen MR) is 90.9 cm³/mol. The third kappa shape index (κ3) is 5.99. The van der Waals surface area contributed by atoms with Crippen molar-refractivity contribution >= 4 is 42.3 Å². The van der Waals surface area contributed by atoms with Crippen molar-refractivity contribution < 1.29 is 4.79 Å². The Morgan fingerprint density at radius 1 is 1.38 bits per heavy atom. The Bertz CT molecular complexity index is 420. The molecule has 0 spiro atoms. The summed E-state index contributed by atoms with van der Waals surface area (Å²) in [7, 11) is 0. The molecule has 0 unspecified atom stereocenters. The van der Waals surface area contributed by atoms with Crippen molar-refractivity contribution in [2.24, 2.45) is 5.92 Å². The number of piperidine rings is 1. The minimum absolute atomic E-state index is 0. The van der Waals surface area contributed by atoms with E-state index in [0.29, 0.717) is 16.6 Å². The number of carbonyl (C=O) groups is 1. The van der Waals surface area contributed by atoms with Crippen LogP contribution in [0.4, 0.5) is 0 Å². The van der Waals surface area contributed by atoms with Gasteiger partial charge < -0.3 is 10.2 Å². The number of amides is 1. The third-order valence-corrected chi connectivity index (χ3v) is 3.75. The molecule has 0 atom stereocenters. The summed E-state index contributed by atoms with van der Waals surface area (Å²) in [6.07, 6.45) is 3.64. The quantitative estimate of drug-likeness (QED) is 0.904. The molecule has 0 aromatic carbocycles. The maximum Gasteiger partial charge on any atom is 0.272 e. The van der Waals surface area contributed by atoms with Crippen LogP contribution in [0, 0.1) is 5.92 Å². The number of pyridine rings is 1. The minimum Gasteiger partial charge on any atom is -0.337 e. The lowest BCUT2D eigenvalue weighted by atomic mass is 9.96. The normalized spacial score (nSPS) is 15.0. The summed E-state index contributed by atoms with van der Waals surface area (Å²) in [4.78, 5) is 18.2. The minimum atomic E-state index is 0. The summed E-state index contributed by atoms with van der Waals surface area (Å²) in [6.45, 7) is 5.81. The van der Waals surface area contributed by atoms with Gasteiger partial charge in [0.25, 0.3) is 5.91 Å². The lowest BCUT2D eigenvalue weighted by molar-refractivity contribution is 0.0684. The average Bonchev–Trinajstić information content (AvgIpc) is 2.46. The lowest BCUT2D eigenvalue weighted by Gasteiger charge is -2.31. The van der Waals surface area contributed by atoms with Gasteiger partial charge in [0.15, 0.2) is 0 Å². The summed E-state index contributed by atoms with van der Waals surface area (Å²) >= 11 is 5.78. The first-order chi connectivity index (χ1) is 9.20. The van der Waals surface area contributed by atoms with Gasteiger partial charge in [-0.15, -0.1) is 24.8 Å². The van der Waals surface area contributed by atoms with Crippen LogP contribution in [0.1, 0.15) is 30.3 Å². The first kappa shape index (κ1) is 20.5. The molecular weight excluding hydrogens is 333 g/mol. The Balaban J connectivity index is 0.00000200. The molecule has 1 aliphatic heterocycles. The molecule has 0 aliphatic carbocycles. The van der Waals surface area contributed by atoms with Crippen LogP contribution in [0.5, 0.6) is 0 Å². The van der Waals surface area contributed by atoms with E-state index in [9.17, 15) is 4.79 Å². The number of hydrogen-bond acceptors (Lipinski definition) is 3. The summed E-state index contributed by atoms with van der Waals surface area (Å²) in [6, 6.07) is 3.40. The fourth-order valence-electron chi connectivity index (χ4n) is 2.35. The highest BCUT2D eigenvalue weighted by Gasteiger charge is 2.23. The SMILES string of the molecule is CCNCC1CCN(C(=O)c2ccc(Cl)cn2)CC1.Cl.Cl. The highest BCUT2D eigenvalue weighted by Crippen LogP contribution is 2.18. The summed E-state index contributed by atoms with van der Waals surface area (Å²) < 4.78 is 0. The van der Waals surface area contributed by atoms with Crippen molar-refractivity contribution in [1.29, 1.82) is 0 Å². The Hall–Kier alpha value is -0.550. The monoisotopic (exact) mass is 353 g/mol. The van der Waals surface area contributed by atoms with E-state index in [0.717, 1.165) is 39.0 Å². The van der Waals surface area contributed by atoms with Gasteiger partial charge in [0.1, 0.15) is 5.69 Å². The molecular formula is C14H22Cl3N3O. The van der Waals surface area contributed by atoms with Crippen molar-refractivity contribution in [3.63, 3.8) is 0 Å². The maximum atomic E-state index is 12.2. The van der Waals surface area contributed by atoms with E-state index in [2.05, 4.69) is 17.2 Å². The standard InChI is InChI=1S/C14H20ClN3O.2ClH/c1-2-16-9-11-5-7-18(8-6-11)14(19)13-4-3-12(15)10-17-13;;/h3-4,10-11,16H,2,5-9H2,1H3;2*1H. The maximum absolute atomic E-state index is 12.2. The van der Waals surface area contributed by atoms with Gasteiger partial charge in [-0.25, -0.2) is 4.98 Å². The van der Waals surface area contributed by atoms with Gasteiger partial charge in [0.2, 0.25) is 0 Å². The Kier molecular flexibility index (Phi) is 9.95. The molecule has 21 heavy (non-hydrogen) atoms. The molecule has 2 heterocycles. The van der Waals surface area contributed by atoms with Gasteiger partial charge in [0, 0.05) is 19.3 Å². The van der Waals surface area contributed by atoms with Crippen molar-refractivity contribution in [1.82, 2.24) is 15.2 Å². The van der Waals surface area contributed by atoms with Crippen LogP contribution in [-0.4, -0.2) is 42.0 Å². The largest absolute Gasteiger partial charge is 0.337 e. The molecule has 1 fully saturated rings. The van der Waals surface area contributed by atoms with Gasteiger partial charge in [-0.05, 0) is 44.0 Å². The Labute approximate surface area is 143 Å². The number of nitrogens with zero attached hydrogens (tertiary/aromatic N) is 2. The van der Waals surface area contributed by atoms with Crippen LogP contribution in [0.15, 0.2) is 18.3 Å². The second kappa shape index (κ2) is 10.2. The highest BCUT2D eigenvalue weighted by molar-refractivity contribution is 6.30. The summed E-state index contributed by atoms with van der Waals surface area (Å²) in [5.41, 5.74) is 0.481. The van der Waals surface area contributed by atoms with Gasteiger partial charge in [-0.2, -0.15) is 0 Å². The van der Waals surface area contributed by atoms with Gasteiger partial charge in [0.05, 0.1) is 5.02 Å². The van der Waals surface area contributed by atoms with Crippen LogP contribution in [0.3, 0.4) is 0 Å². The summed E-state index contributed by atoms with van der Waals surface area (Å²) in [5.74, 6) is 0.695. The zero-order valence-electron chi connectivity index (χ0n) is 12.0. The van der Waals surface area contributed by atoms with Crippen LogP contribution in [0.2, 0.25) is 5.02 Å². The number of rotatable bonds is 4. The smallest absolute Gasteiger partial charge is 0.272 e. The second-order valence-corrected chi connectivity index (χ2v) is 5.34. The fraction of sp³-hybridized carbons (Fsp3) is 0.571. The molecule has 0 radical (unpaired) electrons. The molecule has 1 aromatic heterocycles. The molecule has 1 amide bonds. The van der Waals surface area contributed by atoms with E-state index >= 15 is 0 Å². The number of carbonyl (C=O) groups excluding carboxylic acids is 1. The molecule has 120 valence electrons. The zero-order valence-corrected chi connectivity index (χ0v) is 14.4. The van der Waals surface area contributed by atoms with Crippen molar-refractivity contribution in [3.05, 3.63) is 29.0 Å². The van der Waals surface area contributed by atoms with Crippen molar-refractivity contribution in [3.8, 4) is 0 Å². The fourth-order valence-corrected chi connectivity index (χ4v) is 2.46. The molecule has 1 aromatic rings. The number of likely N-dealkylation sites (tertiary alicyclic amines) is 1. The van der Waals surface area contributed by atoms with E-state index in [4.69, 9.17) is 11.6 Å². The topological polar surface area (TPSA) is 45.2 Å². The van der Waals surface area contributed by atoms with Crippen molar-refractivity contribution in [2.75, 3.05) is 26.2 Å². The van der Waals surface area contributed by atoms with E-state index in [1.54, 1.807) is 12.1 Å². The van der Waals surface area contributed by atoms with Crippen LogP contribution < -0.4 is 5.32 Å². The first-order valence-electron chi connectivity index (χ1n) is 6.82. The molecule has 1 N–H and O–H groups in total. The third-order valence-electron chi connectivity index (χ3n) is 3.53. The van der Waals surface area contributed by atoms with Gasteiger partial charge in [-0.3, -0.25) is 4.79 Å². The number of hydrogen-bond donors (Lipinski definition) is 1. The number of halogens is 3. The van der Waals surface area contributed by atoms with E-state index in [1.807, 2.05) is 4.90 Å². The van der Waals surface area contributed by atoms with Crippen molar-refractivity contribution in [2.45, 2.75) is 19.8 Å². The van der Waals surface area contributed by atoms with Crippen LogP contribution >= 0.6 is 36.4 Å². The molecule has 2 rings (SSSR count). The average molecular weight is 355 g/mol. The number of nitrogens with one attached hydrogen (secondary N) is 1. The Morgan fingerprint density at radius 3 is 2.57 bits per heavy atom. The van der Waals surface area contributed by atoms with Gasteiger partial charge >= 0.3 is 0 Å². The first-order valence-corrected chi connectivity index (χ1v) is 7.20. The zero-order chi connectivity index (χ0) is 13.7. The molecule has 1 aliphatic rings. The highest BCUT2D eigenvalue weighted by atomic mass is 35.5. The van der Waals surface area contributed by atoms with Crippen LogP contribution in [-0.2, 0) is 0 Å². The Morgan fingerprint density at radius 2 is 2.05 bits per heavy atom. The van der Waals surface area contributed by atoms with E-state index in [-0.39, 0.29) is 30.7 Å². The molecule has 1 saturated heterocycles. The molecule has 0 bridgehead atoms. The number of aromatic nitrogens is 1. The van der Waals surface area contributed by atoms with Gasteiger partial charge in [-0.1, -0.05) is 18.5 Å². The molecule has 4 nitrogen and oxygen atoms in total. The molecule has 7 heteroatoms. The molecule has 0 saturated carbocycles. The predicted octanol–water partition coefficient (Wildman–Crippen LogP) is 3.04. The van der Waals surface area contributed by atoms with E-state index in [1.165, 1.54) is 6.20 Å². The second-order valence-electron chi connectivity index (χ2n) is 4.90.